The minimum Gasteiger partial charge on any atom is -0.478 e. The zero-order chi connectivity index (χ0) is 12.6. The summed E-state index contributed by atoms with van der Waals surface area (Å²) in [5, 5.41) is 8.59. The van der Waals surface area contributed by atoms with Gasteiger partial charge in [0, 0.05) is 13.1 Å². The first-order valence-electron chi connectivity index (χ1n) is 5.04. The molecule has 0 radical (unpaired) electrons. The number of carboxylic acid groups (broad SMARTS) is 1. The molecule has 0 aromatic carbocycles. The van der Waals surface area contributed by atoms with Crippen LogP contribution in [-0.4, -0.2) is 45.1 Å². The number of carbonyl (C=O) groups excluding carboxylic acids is 2. The number of amides is 1. The number of fused-ring (bicyclic) bond motifs is 1. The van der Waals surface area contributed by atoms with Crippen LogP contribution < -0.4 is 0 Å². The third-order valence-corrected chi connectivity index (χ3v) is 4.01. The van der Waals surface area contributed by atoms with Crippen molar-refractivity contribution >= 4 is 29.6 Å². The maximum absolute atomic E-state index is 11.2. The molecule has 2 aliphatic heterocycles. The van der Waals surface area contributed by atoms with Gasteiger partial charge in [-0.25, -0.2) is 4.79 Å². The monoisotopic (exact) mass is 257 g/mol. The molecule has 1 amide bonds. The third-order valence-electron chi connectivity index (χ3n) is 2.58. The van der Waals surface area contributed by atoms with Gasteiger partial charge >= 0.3 is 11.9 Å². The van der Waals surface area contributed by atoms with Gasteiger partial charge in [-0.05, 0) is 0 Å². The number of esters is 1. The molecule has 2 rings (SSSR count). The summed E-state index contributed by atoms with van der Waals surface area (Å²) in [6.07, 6.45) is 1.76. The number of thioether (sulfide) groups is 1. The van der Waals surface area contributed by atoms with E-state index in [0.29, 0.717) is 6.42 Å². The first-order chi connectivity index (χ1) is 7.99. The largest absolute Gasteiger partial charge is 0.478 e. The van der Waals surface area contributed by atoms with Crippen molar-refractivity contribution in [3.63, 3.8) is 0 Å². The highest BCUT2D eigenvalue weighted by molar-refractivity contribution is 8.00. The fourth-order valence-electron chi connectivity index (χ4n) is 1.68. The molecule has 2 aliphatic rings. The number of carbonyl (C=O) groups is 3. The van der Waals surface area contributed by atoms with Gasteiger partial charge in [-0.15, -0.1) is 11.8 Å². The molecule has 17 heavy (non-hydrogen) atoms. The van der Waals surface area contributed by atoms with Crippen LogP contribution in [0, 0.1) is 0 Å². The van der Waals surface area contributed by atoms with Gasteiger partial charge in [0.1, 0.15) is 6.61 Å². The average molecular weight is 257 g/mol. The summed E-state index contributed by atoms with van der Waals surface area (Å²) < 4.78 is 4.83. The van der Waals surface area contributed by atoms with Gasteiger partial charge in [-0.2, -0.15) is 0 Å². The van der Waals surface area contributed by atoms with Crippen molar-refractivity contribution in [2.45, 2.75) is 24.0 Å². The number of nitrogens with zero attached hydrogens (tertiary/aromatic N) is 1. The second kappa shape index (κ2) is 4.40. The summed E-state index contributed by atoms with van der Waals surface area (Å²) in [5.74, 6) is -1.61. The molecule has 0 aromatic rings. The standard InChI is InChI=1S/C10H11NO5S/c1-5(12)16-4-7-6(10(14)15)3-11-8(13)2-9(11)17-7/h3,7,9H,2,4H2,1H3,(H,14,15)/t7?,9-/m1/s1. The molecule has 1 saturated heterocycles. The number of hydrogen-bond donors (Lipinski definition) is 1. The van der Waals surface area contributed by atoms with E-state index in [1.807, 2.05) is 0 Å². The van der Waals surface area contributed by atoms with Crippen LogP contribution in [0.5, 0.6) is 0 Å². The number of carboxylic acids is 1. The highest BCUT2D eigenvalue weighted by atomic mass is 32.2. The molecule has 1 unspecified atom stereocenters. The number of rotatable bonds is 3. The summed E-state index contributed by atoms with van der Waals surface area (Å²) in [6.45, 7) is 1.30. The van der Waals surface area contributed by atoms with Crippen molar-refractivity contribution in [1.82, 2.24) is 4.90 Å². The zero-order valence-electron chi connectivity index (χ0n) is 9.08. The lowest BCUT2D eigenvalue weighted by Gasteiger charge is -2.43. The Hall–Kier alpha value is -1.50. The molecule has 0 bridgehead atoms. The lowest BCUT2D eigenvalue weighted by molar-refractivity contribution is -0.142. The van der Waals surface area contributed by atoms with Crippen LogP contribution in [0.25, 0.3) is 0 Å². The van der Waals surface area contributed by atoms with E-state index in [2.05, 4.69) is 0 Å². The van der Waals surface area contributed by atoms with Crippen molar-refractivity contribution in [1.29, 1.82) is 0 Å². The molecule has 1 N–H and O–H groups in total. The Balaban J connectivity index is 2.12. The second-order valence-electron chi connectivity index (χ2n) is 3.78. The highest BCUT2D eigenvalue weighted by Gasteiger charge is 2.43. The molecule has 2 atom stereocenters. The molecule has 0 aliphatic carbocycles. The number of hydrogen-bond acceptors (Lipinski definition) is 5. The maximum atomic E-state index is 11.2. The Labute approximate surface area is 102 Å². The minimum absolute atomic E-state index is 0.0221. The van der Waals surface area contributed by atoms with Crippen LogP contribution in [0.4, 0.5) is 0 Å². The fraction of sp³-hybridized carbons (Fsp3) is 0.500. The quantitative estimate of drug-likeness (QED) is 0.574. The highest BCUT2D eigenvalue weighted by Crippen LogP contribution is 2.40. The molecule has 0 spiro atoms. The van der Waals surface area contributed by atoms with Gasteiger partial charge in [0.2, 0.25) is 5.91 Å². The second-order valence-corrected chi connectivity index (χ2v) is 5.16. The van der Waals surface area contributed by atoms with Crippen molar-refractivity contribution in [3.8, 4) is 0 Å². The maximum Gasteiger partial charge on any atom is 0.334 e. The van der Waals surface area contributed by atoms with Crippen LogP contribution in [0.3, 0.4) is 0 Å². The van der Waals surface area contributed by atoms with E-state index in [-0.39, 0.29) is 23.5 Å². The Morgan fingerprint density at radius 1 is 1.65 bits per heavy atom. The Morgan fingerprint density at radius 2 is 2.35 bits per heavy atom. The molecule has 0 aromatic heterocycles. The van der Waals surface area contributed by atoms with Crippen LogP contribution in [0.2, 0.25) is 0 Å². The SMILES string of the molecule is CC(=O)OCC1S[C@@H]2CC(=O)N2C=C1C(=O)O. The van der Waals surface area contributed by atoms with E-state index < -0.39 is 17.2 Å². The van der Waals surface area contributed by atoms with Crippen LogP contribution in [0.1, 0.15) is 13.3 Å². The third kappa shape index (κ3) is 2.28. The first kappa shape index (κ1) is 12.0. The van der Waals surface area contributed by atoms with E-state index in [1.165, 1.54) is 29.8 Å². The van der Waals surface area contributed by atoms with E-state index in [0.717, 1.165) is 0 Å². The van der Waals surface area contributed by atoms with Gasteiger partial charge in [0.25, 0.3) is 0 Å². The van der Waals surface area contributed by atoms with E-state index in [9.17, 15) is 14.4 Å². The Morgan fingerprint density at radius 3 is 2.88 bits per heavy atom. The topological polar surface area (TPSA) is 83.9 Å². The first-order valence-corrected chi connectivity index (χ1v) is 5.98. The van der Waals surface area contributed by atoms with E-state index in [1.54, 1.807) is 0 Å². The molecule has 6 nitrogen and oxygen atoms in total. The molecule has 2 heterocycles. The van der Waals surface area contributed by atoms with Crippen molar-refractivity contribution in [2.75, 3.05) is 6.61 Å². The minimum atomic E-state index is -1.09. The summed E-state index contributed by atoms with van der Waals surface area (Å²) in [4.78, 5) is 34.4. The molecular formula is C10H11NO5S. The van der Waals surface area contributed by atoms with Gasteiger partial charge in [0.05, 0.1) is 22.6 Å². The fourth-order valence-corrected chi connectivity index (χ4v) is 3.06. The molecule has 7 heteroatoms. The molecule has 1 fully saturated rings. The van der Waals surface area contributed by atoms with Gasteiger partial charge in [0.15, 0.2) is 0 Å². The zero-order valence-corrected chi connectivity index (χ0v) is 9.90. The van der Waals surface area contributed by atoms with Gasteiger partial charge in [-0.1, -0.05) is 0 Å². The number of β-lactam (4-membered cyclic amide) rings is 1. The predicted octanol–water partition coefficient (Wildman–Crippen LogP) is 0.192. The molecular weight excluding hydrogens is 246 g/mol. The molecule has 92 valence electrons. The lowest BCUT2D eigenvalue weighted by atomic mass is 10.1. The lowest BCUT2D eigenvalue weighted by Crippen LogP contribution is -2.51. The van der Waals surface area contributed by atoms with Gasteiger partial charge in [-0.3, -0.25) is 9.59 Å². The van der Waals surface area contributed by atoms with Crippen LogP contribution >= 0.6 is 11.8 Å². The van der Waals surface area contributed by atoms with Crippen molar-refractivity contribution in [3.05, 3.63) is 11.8 Å². The summed E-state index contributed by atoms with van der Waals surface area (Å²) in [5.41, 5.74) is 0.0977. The van der Waals surface area contributed by atoms with E-state index >= 15 is 0 Å². The van der Waals surface area contributed by atoms with Crippen molar-refractivity contribution < 1.29 is 24.2 Å². The summed E-state index contributed by atoms with van der Waals surface area (Å²) >= 11 is 1.34. The predicted molar refractivity (Wildman–Crippen MR) is 59.0 cm³/mol. The normalized spacial score (nSPS) is 26.8. The van der Waals surface area contributed by atoms with Crippen LogP contribution in [-0.2, 0) is 19.1 Å². The average Bonchev–Trinajstić information content (AvgIpc) is 2.24. The number of aliphatic carboxylic acids is 1. The summed E-state index contributed by atoms with van der Waals surface area (Å²) in [6, 6.07) is 0. The number of ether oxygens (including phenoxy) is 1. The van der Waals surface area contributed by atoms with Crippen molar-refractivity contribution in [2.24, 2.45) is 0 Å². The Kier molecular flexibility index (Phi) is 3.10. The van der Waals surface area contributed by atoms with Crippen LogP contribution in [0.15, 0.2) is 11.8 Å². The summed E-state index contributed by atoms with van der Waals surface area (Å²) in [7, 11) is 0. The smallest absolute Gasteiger partial charge is 0.334 e. The van der Waals surface area contributed by atoms with E-state index in [4.69, 9.17) is 9.84 Å². The molecule has 0 saturated carbocycles. The van der Waals surface area contributed by atoms with Gasteiger partial charge < -0.3 is 14.7 Å². The Bertz CT molecular complexity index is 419.